The largest absolute Gasteiger partial charge is 0.355 e. The van der Waals surface area contributed by atoms with E-state index in [9.17, 15) is 4.79 Å². The highest BCUT2D eigenvalue weighted by atomic mass is 32.1. The minimum atomic E-state index is -0.276. The molecule has 0 fully saturated rings. The second-order valence-electron chi connectivity index (χ2n) is 4.06. The van der Waals surface area contributed by atoms with E-state index in [0.29, 0.717) is 12.3 Å². The summed E-state index contributed by atoms with van der Waals surface area (Å²) in [6.07, 6.45) is 1.69. The van der Waals surface area contributed by atoms with Crippen molar-refractivity contribution in [2.24, 2.45) is 0 Å². The third-order valence-corrected chi connectivity index (χ3v) is 3.55. The van der Waals surface area contributed by atoms with Crippen LogP contribution in [0.1, 0.15) is 16.2 Å². The lowest BCUT2D eigenvalue weighted by Gasteiger charge is -2.01. The van der Waals surface area contributed by atoms with Crippen molar-refractivity contribution in [2.45, 2.75) is 6.54 Å². The first-order chi connectivity index (χ1) is 9.83. The Hall–Kier alpha value is -2.47. The highest BCUT2D eigenvalue weighted by Gasteiger charge is 2.13. The summed E-state index contributed by atoms with van der Waals surface area (Å²) in [5, 5.41) is 8.48. The van der Waals surface area contributed by atoms with Gasteiger partial charge in [0.15, 0.2) is 11.5 Å². The first kappa shape index (κ1) is 12.6. The number of aromatic nitrogens is 2. The number of pyridine rings is 1. The summed E-state index contributed by atoms with van der Waals surface area (Å²) < 4.78 is 5.17. The molecule has 3 aromatic heterocycles. The fraction of sp³-hybridized carbons (Fsp3) is 0.0714. The quantitative estimate of drug-likeness (QED) is 0.800. The molecule has 0 aromatic carbocycles. The summed E-state index contributed by atoms with van der Waals surface area (Å²) in [5.41, 5.74) is 1.06. The number of nitrogens with one attached hydrogen (secondary N) is 1. The van der Waals surface area contributed by atoms with Gasteiger partial charge in [0.2, 0.25) is 0 Å². The summed E-state index contributed by atoms with van der Waals surface area (Å²) in [6.45, 7) is 0.362. The maximum atomic E-state index is 11.9. The van der Waals surface area contributed by atoms with Gasteiger partial charge in [-0.15, -0.1) is 11.3 Å². The Balaban J connectivity index is 1.66. The molecule has 0 unspecified atom stereocenters. The second-order valence-corrected chi connectivity index (χ2v) is 5.01. The number of amides is 1. The van der Waals surface area contributed by atoms with Gasteiger partial charge in [0.25, 0.3) is 5.91 Å². The maximum absolute atomic E-state index is 11.9. The molecule has 6 heteroatoms. The van der Waals surface area contributed by atoms with Crippen LogP contribution in [0.25, 0.3) is 10.6 Å². The number of hydrogen-bond donors (Lipinski definition) is 1. The molecule has 0 saturated heterocycles. The van der Waals surface area contributed by atoms with Crippen LogP contribution in [0, 0.1) is 0 Å². The summed E-state index contributed by atoms with van der Waals surface area (Å²) >= 11 is 1.54. The monoisotopic (exact) mass is 285 g/mol. The second kappa shape index (κ2) is 5.66. The Labute approximate surface area is 119 Å². The van der Waals surface area contributed by atoms with E-state index in [4.69, 9.17) is 4.52 Å². The van der Waals surface area contributed by atoms with Gasteiger partial charge in [-0.25, -0.2) is 0 Å². The van der Waals surface area contributed by atoms with Crippen molar-refractivity contribution in [2.75, 3.05) is 0 Å². The van der Waals surface area contributed by atoms with E-state index in [2.05, 4.69) is 15.5 Å². The molecule has 5 nitrogen and oxygen atoms in total. The first-order valence-electron chi connectivity index (χ1n) is 6.01. The van der Waals surface area contributed by atoms with Crippen LogP contribution in [0.5, 0.6) is 0 Å². The SMILES string of the molecule is O=C(NCc1ccccn1)c1cc(-c2cccs2)on1. The van der Waals surface area contributed by atoms with Gasteiger partial charge in [-0.3, -0.25) is 9.78 Å². The zero-order valence-electron chi connectivity index (χ0n) is 10.4. The zero-order chi connectivity index (χ0) is 13.8. The smallest absolute Gasteiger partial charge is 0.273 e. The molecule has 1 N–H and O–H groups in total. The number of carbonyl (C=O) groups is 1. The molecular weight excluding hydrogens is 274 g/mol. The van der Waals surface area contributed by atoms with Crippen molar-refractivity contribution in [3.63, 3.8) is 0 Å². The van der Waals surface area contributed by atoms with E-state index >= 15 is 0 Å². The van der Waals surface area contributed by atoms with Gasteiger partial charge >= 0.3 is 0 Å². The highest BCUT2D eigenvalue weighted by Crippen LogP contribution is 2.24. The van der Waals surface area contributed by atoms with E-state index < -0.39 is 0 Å². The van der Waals surface area contributed by atoms with Crippen LogP contribution in [0.2, 0.25) is 0 Å². The van der Waals surface area contributed by atoms with Crippen molar-refractivity contribution in [1.29, 1.82) is 0 Å². The Morgan fingerprint density at radius 1 is 1.30 bits per heavy atom. The van der Waals surface area contributed by atoms with Crippen LogP contribution in [0.15, 0.2) is 52.5 Å². The highest BCUT2D eigenvalue weighted by molar-refractivity contribution is 7.13. The van der Waals surface area contributed by atoms with E-state index in [-0.39, 0.29) is 11.6 Å². The summed E-state index contributed by atoms with van der Waals surface area (Å²) in [6, 6.07) is 11.0. The number of nitrogens with zero attached hydrogens (tertiary/aromatic N) is 2. The molecule has 0 aliphatic heterocycles. The molecule has 3 rings (SSSR count). The molecule has 100 valence electrons. The third-order valence-electron chi connectivity index (χ3n) is 2.66. The molecule has 0 aliphatic rings. The fourth-order valence-electron chi connectivity index (χ4n) is 1.68. The maximum Gasteiger partial charge on any atom is 0.273 e. The van der Waals surface area contributed by atoms with Crippen LogP contribution < -0.4 is 5.32 Å². The van der Waals surface area contributed by atoms with E-state index in [1.54, 1.807) is 12.3 Å². The standard InChI is InChI=1S/C14H11N3O2S/c18-14(16-9-10-4-1-2-6-15-10)11-8-12(19-17-11)13-5-3-7-20-13/h1-8H,9H2,(H,16,18). The van der Waals surface area contributed by atoms with Gasteiger partial charge < -0.3 is 9.84 Å². The van der Waals surface area contributed by atoms with Crippen LogP contribution in [0.3, 0.4) is 0 Å². The summed E-state index contributed by atoms with van der Waals surface area (Å²) in [4.78, 5) is 17.0. The first-order valence-corrected chi connectivity index (χ1v) is 6.89. The summed E-state index contributed by atoms with van der Waals surface area (Å²) in [5.74, 6) is 0.324. The average molecular weight is 285 g/mol. The molecule has 0 saturated carbocycles. The van der Waals surface area contributed by atoms with Crippen LogP contribution >= 0.6 is 11.3 Å². The fourth-order valence-corrected chi connectivity index (χ4v) is 2.35. The number of thiophene rings is 1. The Bertz CT molecular complexity index is 692. The van der Waals surface area contributed by atoms with E-state index in [1.165, 1.54) is 11.3 Å². The van der Waals surface area contributed by atoms with Crippen molar-refractivity contribution >= 4 is 17.2 Å². The molecule has 0 spiro atoms. The third kappa shape index (κ3) is 2.75. The summed E-state index contributed by atoms with van der Waals surface area (Å²) in [7, 11) is 0. The van der Waals surface area contributed by atoms with Gasteiger partial charge in [0, 0.05) is 12.3 Å². The molecule has 0 aliphatic carbocycles. The van der Waals surface area contributed by atoms with E-state index in [0.717, 1.165) is 10.6 Å². The number of rotatable bonds is 4. The van der Waals surface area contributed by atoms with Crippen molar-refractivity contribution < 1.29 is 9.32 Å². The van der Waals surface area contributed by atoms with E-state index in [1.807, 2.05) is 35.7 Å². The molecule has 0 bridgehead atoms. The lowest BCUT2D eigenvalue weighted by molar-refractivity contribution is 0.0941. The molecule has 0 atom stereocenters. The van der Waals surface area contributed by atoms with Crippen molar-refractivity contribution in [3.05, 3.63) is 59.4 Å². The van der Waals surface area contributed by atoms with Crippen molar-refractivity contribution in [3.8, 4) is 10.6 Å². The molecule has 0 radical (unpaired) electrons. The van der Waals surface area contributed by atoms with Crippen molar-refractivity contribution in [1.82, 2.24) is 15.5 Å². The Morgan fingerprint density at radius 3 is 3.00 bits per heavy atom. The predicted molar refractivity (Wildman–Crippen MR) is 75.2 cm³/mol. The predicted octanol–water partition coefficient (Wildman–Crippen LogP) is 2.73. The molecular formula is C14H11N3O2S. The molecule has 3 aromatic rings. The minimum absolute atomic E-state index is 0.268. The minimum Gasteiger partial charge on any atom is -0.355 e. The molecule has 20 heavy (non-hydrogen) atoms. The molecule has 3 heterocycles. The van der Waals surface area contributed by atoms with Crippen LogP contribution in [-0.2, 0) is 6.54 Å². The van der Waals surface area contributed by atoms with Crippen LogP contribution in [0.4, 0.5) is 0 Å². The number of carbonyl (C=O) groups excluding carboxylic acids is 1. The zero-order valence-corrected chi connectivity index (χ0v) is 11.3. The lowest BCUT2D eigenvalue weighted by atomic mass is 10.3. The topological polar surface area (TPSA) is 68.0 Å². The molecule has 1 amide bonds. The lowest BCUT2D eigenvalue weighted by Crippen LogP contribution is -2.23. The van der Waals surface area contributed by atoms with Gasteiger partial charge in [0.05, 0.1) is 17.1 Å². The van der Waals surface area contributed by atoms with Gasteiger partial charge in [-0.1, -0.05) is 17.3 Å². The van der Waals surface area contributed by atoms with Gasteiger partial charge in [-0.2, -0.15) is 0 Å². The average Bonchev–Trinajstić information content (AvgIpc) is 3.16. The Morgan fingerprint density at radius 2 is 2.25 bits per heavy atom. The Kier molecular flexibility index (Phi) is 3.56. The normalized spacial score (nSPS) is 10.4. The van der Waals surface area contributed by atoms with Crippen LogP contribution in [-0.4, -0.2) is 16.0 Å². The number of hydrogen-bond acceptors (Lipinski definition) is 5. The van der Waals surface area contributed by atoms with Gasteiger partial charge in [0.1, 0.15) is 0 Å². The van der Waals surface area contributed by atoms with Gasteiger partial charge in [-0.05, 0) is 23.6 Å².